The van der Waals surface area contributed by atoms with Crippen molar-refractivity contribution in [1.29, 1.82) is 0 Å². The van der Waals surface area contributed by atoms with Gasteiger partial charge in [-0.15, -0.1) is 0 Å². The molecule has 0 spiro atoms. The molecule has 1 aliphatic rings. The molecule has 1 nitrogen and oxygen atoms in total. The fraction of sp³-hybridized carbons (Fsp3) is 0.455. The Morgan fingerprint density at radius 1 is 1.19 bits per heavy atom. The number of halogens is 4. The van der Waals surface area contributed by atoms with Crippen molar-refractivity contribution in [3.8, 4) is 0 Å². The van der Waals surface area contributed by atoms with Gasteiger partial charge in [0.25, 0.3) is 0 Å². The van der Waals surface area contributed by atoms with Crippen LogP contribution in [0.5, 0.6) is 0 Å². The number of benzene rings is 1. The predicted octanol–water partition coefficient (Wildman–Crippen LogP) is 2.91. The minimum atomic E-state index is -4.55. The zero-order valence-electron chi connectivity index (χ0n) is 8.31. The van der Waals surface area contributed by atoms with Crippen molar-refractivity contribution in [3.05, 3.63) is 35.1 Å². The maximum Gasteiger partial charge on any atom is 0.416 e. The van der Waals surface area contributed by atoms with Crippen LogP contribution in [0, 0.1) is 5.82 Å². The van der Waals surface area contributed by atoms with Crippen LogP contribution >= 0.6 is 0 Å². The van der Waals surface area contributed by atoms with Crippen LogP contribution in [0.4, 0.5) is 17.6 Å². The van der Waals surface area contributed by atoms with E-state index in [1.165, 1.54) is 0 Å². The van der Waals surface area contributed by atoms with E-state index in [2.05, 4.69) is 0 Å². The lowest BCUT2D eigenvalue weighted by molar-refractivity contribution is -0.137. The molecule has 0 aromatic heterocycles. The smallest absolute Gasteiger partial charge is 0.390 e. The summed E-state index contributed by atoms with van der Waals surface area (Å²) in [6, 6.07) is 2.38. The maximum atomic E-state index is 13.0. The Balaban J connectivity index is 2.29. The monoisotopic (exact) mass is 234 g/mol. The van der Waals surface area contributed by atoms with Crippen molar-refractivity contribution in [1.82, 2.24) is 0 Å². The molecule has 1 aromatic rings. The average Bonchev–Trinajstić information content (AvgIpc) is 2.80. The first-order valence-electron chi connectivity index (χ1n) is 4.88. The molecule has 0 atom stereocenters. The van der Waals surface area contributed by atoms with Crippen LogP contribution < -0.4 is 0 Å². The van der Waals surface area contributed by atoms with Crippen LogP contribution in [-0.2, 0) is 12.6 Å². The average molecular weight is 234 g/mol. The van der Waals surface area contributed by atoms with Crippen LogP contribution in [-0.4, -0.2) is 10.7 Å². The lowest BCUT2D eigenvalue weighted by atomic mass is 10.0. The van der Waals surface area contributed by atoms with Gasteiger partial charge in [-0.1, -0.05) is 0 Å². The topological polar surface area (TPSA) is 20.2 Å². The van der Waals surface area contributed by atoms with E-state index in [1.54, 1.807) is 0 Å². The van der Waals surface area contributed by atoms with Crippen LogP contribution in [0.3, 0.4) is 0 Å². The van der Waals surface area contributed by atoms with Gasteiger partial charge in [-0.3, -0.25) is 0 Å². The van der Waals surface area contributed by atoms with Crippen molar-refractivity contribution in [2.45, 2.75) is 31.0 Å². The van der Waals surface area contributed by atoms with Crippen molar-refractivity contribution < 1.29 is 22.7 Å². The highest BCUT2D eigenvalue weighted by Gasteiger charge is 2.40. The number of hydrogen-bond acceptors (Lipinski definition) is 1. The summed E-state index contributed by atoms with van der Waals surface area (Å²) in [6.45, 7) is 0. The Hall–Kier alpha value is -1.10. The third kappa shape index (κ3) is 2.52. The third-order valence-electron chi connectivity index (χ3n) is 2.65. The van der Waals surface area contributed by atoms with Gasteiger partial charge >= 0.3 is 6.18 Å². The van der Waals surface area contributed by atoms with Crippen molar-refractivity contribution in [3.63, 3.8) is 0 Å². The third-order valence-corrected chi connectivity index (χ3v) is 2.65. The van der Waals surface area contributed by atoms with Gasteiger partial charge < -0.3 is 5.11 Å². The van der Waals surface area contributed by atoms with E-state index in [0.717, 1.165) is 12.1 Å². The Bertz CT molecular complexity index is 407. The van der Waals surface area contributed by atoms with E-state index in [9.17, 15) is 22.7 Å². The molecular formula is C11H10F4O. The molecule has 1 saturated carbocycles. The fourth-order valence-corrected chi connectivity index (χ4v) is 1.62. The standard InChI is InChI=1S/C11H10F4O/c12-9-4-7(6-10(16)1-2-10)3-8(5-9)11(13,14)15/h3-5,16H,1-2,6H2. The van der Waals surface area contributed by atoms with Gasteiger partial charge in [0.2, 0.25) is 0 Å². The SMILES string of the molecule is OC1(Cc2cc(F)cc(C(F)(F)F)c2)CC1. The summed E-state index contributed by atoms with van der Waals surface area (Å²) in [6.07, 6.45) is -3.35. The Labute approximate surface area is 89.7 Å². The number of hydrogen-bond donors (Lipinski definition) is 1. The summed E-state index contributed by atoms with van der Waals surface area (Å²) >= 11 is 0. The first kappa shape index (κ1) is 11.4. The molecule has 0 bridgehead atoms. The zero-order chi connectivity index (χ0) is 12.0. The molecular weight excluding hydrogens is 224 g/mol. The van der Waals surface area contributed by atoms with Crippen LogP contribution in [0.1, 0.15) is 24.0 Å². The number of aliphatic hydroxyl groups is 1. The molecule has 1 N–H and O–H groups in total. The van der Waals surface area contributed by atoms with Crippen LogP contribution in [0.25, 0.3) is 0 Å². The van der Waals surface area contributed by atoms with Gasteiger partial charge in [0, 0.05) is 6.42 Å². The molecule has 0 heterocycles. The molecule has 1 fully saturated rings. The van der Waals surface area contributed by atoms with Crippen LogP contribution in [0.2, 0.25) is 0 Å². The van der Waals surface area contributed by atoms with Gasteiger partial charge in [-0.25, -0.2) is 4.39 Å². The maximum absolute atomic E-state index is 13.0. The minimum absolute atomic E-state index is 0.0772. The summed E-state index contributed by atoms with van der Waals surface area (Å²) in [5, 5.41) is 9.56. The van der Waals surface area contributed by atoms with Gasteiger partial charge in [0.1, 0.15) is 5.82 Å². The lowest BCUT2D eigenvalue weighted by Crippen LogP contribution is -2.13. The van der Waals surface area contributed by atoms with E-state index in [1.807, 2.05) is 0 Å². The Morgan fingerprint density at radius 3 is 2.31 bits per heavy atom. The summed E-state index contributed by atoms with van der Waals surface area (Å²) in [4.78, 5) is 0. The second kappa shape index (κ2) is 3.45. The summed E-state index contributed by atoms with van der Waals surface area (Å²) in [7, 11) is 0. The summed E-state index contributed by atoms with van der Waals surface area (Å²) in [5.41, 5.74) is -1.74. The highest BCUT2D eigenvalue weighted by molar-refractivity contribution is 5.28. The Kier molecular flexibility index (Phi) is 2.45. The second-order valence-electron chi connectivity index (χ2n) is 4.25. The zero-order valence-corrected chi connectivity index (χ0v) is 8.31. The first-order chi connectivity index (χ1) is 7.28. The molecule has 0 aliphatic heterocycles. The van der Waals surface area contributed by atoms with E-state index < -0.39 is 23.2 Å². The predicted molar refractivity (Wildman–Crippen MR) is 49.3 cm³/mol. The fourth-order valence-electron chi connectivity index (χ4n) is 1.62. The van der Waals surface area contributed by atoms with Crippen molar-refractivity contribution in [2.75, 3.05) is 0 Å². The summed E-state index contributed by atoms with van der Waals surface area (Å²) in [5.74, 6) is -0.922. The van der Waals surface area contributed by atoms with E-state index in [4.69, 9.17) is 0 Å². The normalized spacial score (nSPS) is 18.6. The molecule has 1 aromatic carbocycles. The highest BCUT2D eigenvalue weighted by Crippen LogP contribution is 2.39. The largest absolute Gasteiger partial charge is 0.416 e. The van der Waals surface area contributed by atoms with Gasteiger partial charge in [0.15, 0.2) is 0 Å². The number of alkyl halides is 3. The molecule has 0 amide bonds. The molecule has 0 radical (unpaired) electrons. The highest BCUT2D eigenvalue weighted by atomic mass is 19.4. The molecule has 0 unspecified atom stereocenters. The molecule has 2 rings (SSSR count). The molecule has 88 valence electrons. The van der Waals surface area contributed by atoms with E-state index >= 15 is 0 Å². The molecule has 5 heteroatoms. The van der Waals surface area contributed by atoms with Gasteiger partial charge in [-0.2, -0.15) is 13.2 Å². The molecule has 1 aliphatic carbocycles. The molecule has 0 saturated heterocycles. The lowest BCUT2D eigenvalue weighted by Gasteiger charge is -2.11. The first-order valence-corrected chi connectivity index (χ1v) is 4.88. The molecule has 16 heavy (non-hydrogen) atoms. The van der Waals surface area contributed by atoms with Crippen molar-refractivity contribution >= 4 is 0 Å². The quantitative estimate of drug-likeness (QED) is 0.780. The van der Waals surface area contributed by atoms with Gasteiger partial charge in [-0.05, 0) is 36.6 Å². The second-order valence-corrected chi connectivity index (χ2v) is 4.25. The number of rotatable bonds is 2. The van der Waals surface area contributed by atoms with Crippen molar-refractivity contribution in [2.24, 2.45) is 0 Å². The van der Waals surface area contributed by atoms with E-state index in [0.29, 0.717) is 18.9 Å². The van der Waals surface area contributed by atoms with Gasteiger partial charge in [0.05, 0.1) is 11.2 Å². The summed E-state index contributed by atoms with van der Waals surface area (Å²) < 4.78 is 50.1. The Morgan fingerprint density at radius 2 is 1.81 bits per heavy atom. The minimum Gasteiger partial charge on any atom is -0.390 e. The van der Waals surface area contributed by atoms with E-state index in [-0.39, 0.29) is 12.0 Å². The van der Waals surface area contributed by atoms with Crippen LogP contribution in [0.15, 0.2) is 18.2 Å².